The number of hydrogen-bond donors (Lipinski definition) is 1. The maximum absolute atomic E-state index is 11.5. The monoisotopic (exact) mass is 263 g/mol. The Kier molecular flexibility index (Phi) is 5.87. The van der Waals surface area contributed by atoms with E-state index in [4.69, 9.17) is 4.74 Å². The van der Waals surface area contributed by atoms with Crippen molar-refractivity contribution in [1.29, 1.82) is 0 Å². The lowest BCUT2D eigenvalue weighted by molar-refractivity contribution is -0.121. The standard InChI is InChI=1S/C16H25NO2/c1-11(2)8-15(18)17-6-7-19-16-13(4)9-12(3)10-14(16)5/h9-11H,6-8H2,1-5H3,(H,17,18). The van der Waals surface area contributed by atoms with Crippen LogP contribution in [0.2, 0.25) is 0 Å². The predicted molar refractivity (Wildman–Crippen MR) is 78.6 cm³/mol. The van der Waals surface area contributed by atoms with Crippen molar-refractivity contribution in [3.8, 4) is 5.75 Å². The molecule has 0 aliphatic rings. The van der Waals surface area contributed by atoms with Gasteiger partial charge in [0.1, 0.15) is 12.4 Å². The Bertz CT molecular complexity index is 415. The van der Waals surface area contributed by atoms with Gasteiger partial charge < -0.3 is 10.1 Å². The number of carbonyl (C=O) groups excluding carboxylic acids is 1. The van der Waals surface area contributed by atoms with Gasteiger partial charge in [-0.05, 0) is 37.8 Å². The number of nitrogens with one attached hydrogen (secondary N) is 1. The number of amides is 1. The molecule has 3 nitrogen and oxygen atoms in total. The van der Waals surface area contributed by atoms with Crippen LogP contribution in [0.25, 0.3) is 0 Å². The van der Waals surface area contributed by atoms with E-state index in [2.05, 4.69) is 24.4 Å². The van der Waals surface area contributed by atoms with Gasteiger partial charge in [0.2, 0.25) is 5.91 Å². The quantitative estimate of drug-likeness (QED) is 0.801. The summed E-state index contributed by atoms with van der Waals surface area (Å²) in [5.41, 5.74) is 3.53. The lowest BCUT2D eigenvalue weighted by atomic mass is 10.1. The fourth-order valence-corrected chi connectivity index (χ4v) is 2.18. The molecule has 1 amide bonds. The third kappa shape index (κ3) is 5.33. The fourth-order valence-electron chi connectivity index (χ4n) is 2.18. The number of rotatable bonds is 6. The van der Waals surface area contributed by atoms with Gasteiger partial charge in [-0.1, -0.05) is 31.5 Å². The van der Waals surface area contributed by atoms with Crippen LogP contribution in [0.5, 0.6) is 5.75 Å². The molecular weight excluding hydrogens is 238 g/mol. The molecule has 0 radical (unpaired) electrons. The van der Waals surface area contributed by atoms with Gasteiger partial charge in [-0.15, -0.1) is 0 Å². The third-order valence-corrected chi connectivity index (χ3v) is 2.87. The summed E-state index contributed by atoms with van der Waals surface area (Å²) in [6.45, 7) is 11.3. The summed E-state index contributed by atoms with van der Waals surface area (Å²) in [5, 5.41) is 2.87. The normalized spacial score (nSPS) is 10.6. The highest BCUT2D eigenvalue weighted by Gasteiger charge is 2.06. The van der Waals surface area contributed by atoms with E-state index >= 15 is 0 Å². The van der Waals surface area contributed by atoms with Gasteiger partial charge >= 0.3 is 0 Å². The number of ether oxygens (including phenoxy) is 1. The molecule has 1 rings (SSSR count). The summed E-state index contributed by atoms with van der Waals surface area (Å²) in [5.74, 6) is 1.42. The maximum atomic E-state index is 11.5. The largest absolute Gasteiger partial charge is 0.491 e. The minimum atomic E-state index is 0.0935. The first-order valence-electron chi connectivity index (χ1n) is 6.87. The van der Waals surface area contributed by atoms with Gasteiger partial charge in [0, 0.05) is 6.42 Å². The van der Waals surface area contributed by atoms with Crippen molar-refractivity contribution < 1.29 is 9.53 Å². The van der Waals surface area contributed by atoms with Crippen LogP contribution in [0.1, 0.15) is 37.0 Å². The van der Waals surface area contributed by atoms with E-state index in [-0.39, 0.29) is 5.91 Å². The van der Waals surface area contributed by atoms with Gasteiger partial charge in [-0.2, -0.15) is 0 Å². The molecule has 0 bridgehead atoms. The summed E-state index contributed by atoms with van der Waals surface area (Å²) in [7, 11) is 0. The minimum Gasteiger partial charge on any atom is -0.491 e. The number of carbonyl (C=O) groups is 1. The molecule has 0 saturated carbocycles. The van der Waals surface area contributed by atoms with Gasteiger partial charge in [-0.3, -0.25) is 4.79 Å². The summed E-state index contributed by atoms with van der Waals surface area (Å²) in [6.07, 6.45) is 0.572. The van der Waals surface area contributed by atoms with E-state index in [9.17, 15) is 4.79 Å². The van der Waals surface area contributed by atoms with E-state index in [1.165, 1.54) is 5.56 Å². The minimum absolute atomic E-state index is 0.0935. The molecule has 1 N–H and O–H groups in total. The molecule has 0 atom stereocenters. The Hall–Kier alpha value is -1.51. The third-order valence-electron chi connectivity index (χ3n) is 2.87. The van der Waals surface area contributed by atoms with Crippen LogP contribution < -0.4 is 10.1 Å². The first kappa shape index (κ1) is 15.5. The van der Waals surface area contributed by atoms with Crippen molar-refractivity contribution in [3.05, 3.63) is 28.8 Å². The maximum Gasteiger partial charge on any atom is 0.220 e. The highest BCUT2D eigenvalue weighted by Crippen LogP contribution is 2.24. The van der Waals surface area contributed by atoms with Crippen molar-refractivity contribution in [3.63, 3.8) is 0 Å². The Morgan fingerprint density at radius 3 is 2.32 bits per heavy atom. The second kappa shape index (κ2) is 7.17. The van der Waals surface area contributed by atoms with E-state index < -0.39 is 0 Å². The van der Waals surface area contributed by atoms with E-state index in [1.54, 1.807) is 0 Å². The molecule has 0 unspecified atom stereocenters. The van der Waals surface area contributed by atoms with Gasteiger partial charge in [0.15, 0.2) is 0 Å². The molecule has 106 valence electrons. The Labute approximate surface area is 116 Å². The average Bonchev–Trinajstić information content (AvgIpc) is 2.25. The van der Waals surface area contributed by atoms with Gasteiger partial charge in [-0.25, -0.2) is 0 Å². The van der Waals surface area contributed by atoms with E-state index in [0.717, 1.165) is 16.9 Å². The SMILES string of the molecule is Cc1cc(C)c(OCCNC(=O)CC(C)C)c(C)c1. The van der Waals surface area contributed by atoms with Crippen LogP contribution in [-0.4, -0.2) is 19.1 Å². The van der Waals surface area contributed by atoms with Crippen LogP contribution in [0, 0.1) is 26.7 Å². The lowest BCUT2D eigenvalue weighted by Crippen LogP contribution is -2.29. The zero-order valence-electron chi connectivity index (χ0n) is 12.7. The summed E-state index contributed by atoms with van der Waals surface area (Å²) in [4.78, 5) is 11.5. The molecule has 0 aliphatic carbocycles. The van der Waals surface area contributed by atoms with Crippen molar-refractivity contribution in [2.75, 3.05) is 13.2 Å². The molecule has 0 fully saturated rings. The fraction of sp³-hybridized carbons (Fsp3) is 0.562. The molecule has 1 aromatic rings. The zero-order chi connectivity index (χ0) is 14.4. The summed E-state index contributed by atoms with van der Waals surface area (Å²) >= 11 is 0. The van der Waals surface area contributed by atoms with E-state index in [1.807, 2.05) is 27.7 Å². The second-order valence-electron chi connectivity index (χ2n) is 5.52. The first-order valence-corrected chi connectivity index (χ1v) is 6.87. The average molecular weight is 263 g/mol. The van der Waals surface area contributed by atoms with Gasteiger partial charge in [0.05, 0.1) is 6.54 Å². The van der Waals surface area contributed by atoms with Gasteiger partial charge in [0.25, 0.3) is 0 Å². The predicted octanol–water partition coefficient (Wildman–Crippen LogP) is 3.15. The summed E-state index contributed by atoms with van der Waals surface area (Å²) < 4.78 is 5.76. The smallest absolute Gasteiger partial charge is 0.220 e. The highest BCUT2D eigenvalue weighted by molar-refractivity contribution is 5.75. The van der Waals surface area contributed by atoms with Crippen LogP contribution >= 0.6 is 0 Å². The second-order valence-corrected chi connectivity index (χ2v) is 5.52. The number of hydrogen-bond acceptors (Lipinski definition) is 2. The van der Waals surface area contributed by atoms with Crippen LogP contribution in [0.3, 0.4) is 0 Å². The number of benzene rings is 1. The van der Waals surface area contributed by atoms with Crippen molar-refractivity contribution >= 4 is 5.91 Å². The molecule has 0 heterocycles. The molecule has 0 saturated heterocycles. The van der Waals surface area contributed by atoms with Crippen molar-refractivity contribution in [2.45, 2.75) is 41.0 Å². The van der Waals surface area contributed by atoms with Crippen LogP contribution in [-0.2, 0) is 4.79 Å². The topological polar surface area (TPSA) is 38.3 Å². The molecule has 0 aliphatic heterocycles. The molecule has 3 heteroatoms. The number of aryl methyl sites for hydroxylation is 3. The van der Waals surface area contributed by atoms with Crippen LogP contribution in [0.15, 0.2) is 12.1 Å². The Morgan fingerprint density at radius 2 is 1.79 bits per heavy atom. The van der Waals surface area contributed by atoms with E-state index in [0.29, 0.717) is 25.5 Å². The van der Waals surface area contributed by atoms with Crippen molar-refractivity contribution in [1.82, 2.24) is 5.32 Å². The summed E-state index contributed by atoms with van der Waals surface area (Å²) in [6, 6.07) is 4.22. The zero-order valence-corrected chi connectivity index (χ0v) is 12.7. The lowest BCUT2D eigenvalue weighted by Gasteiger charge is -2.13. The Morgan fingerprint density at radius 1 is 1.21 bits per heavy atom. The molecule has 0 spiro atoms. The molecule has 1 aromatic carbocycles. The van der Waals surface area contributed by atoms with Crippen molar-refractivity contribution in [2.24, 2.45) is 5.92 Å². The molecular formula is C16H25NO2. The molecule has 19 heavy (non-hydrogen) atoms. The molecule has 0 aromatic heterocycles. The Balaban J connectivity index is 2.40. The van der Waals surface area contributed by atoms with Crippen LogP contribution in [0.4, 0.5) is 0 Å². The highest BCUT2D eigenvalue weighted by atomic mass is 16.5. The first-order chi connectivity index (χ1) is 8.90.